The fraction of sp³-hybridized carbons (Fsp3) is 0.333. The number of hydrogen-bond acceptors (Lipinski definition) is 4. The van der Waals surface area contributed by atoms with Crippen LogP contribution in [0, 0.1) is 5.82 Å². The van der Waals surface area contributed by atoms with E-state index in [1.165, 1.54) is 12.1 Å². The quantitative estimate of drug-likeness (QED) is 0.428. The molecule has 0 fully saturated rings. The second-order valence-corrected chi connectivity index (χ2v) is 6.16. The zero-order valence-corrected chi connectivity index (χ0v) is 15.3. The predicted molar refractivity (Wildman–Crippen MR) is 102 cm³/mol. The highest BCUT2D eigenvalue weighted by atomic mass is 32.2. The van der Waals surface area contributed by atoms with E-state index in [2.05, 4.69) is 26.9 Å². The largest absolute Gasteiger partial charge is 0.439 e. The Balaban J connectivity index is 1.93. The second kappa shape index (κ2) is 10.6. The number of benzene rings is 1. The van der Waals surface area contributed by atoms with Crippen LogP contribution in [0.4, 0.5) is 4.39 Å². The molecule has 1 aromatic heterocycles. The average molecular weight is 362 g/mol. The van der Waals surface area contributed by atoms with Gasteiger partial charge in [0.25, 0.3) is 0 Å². The number of aromatic nitrogens is 1. The molecule has 0 unspecified atom stereocenters. The molecule has 2 aromatic rings. The molecule has 0 aliphatic heterocycles. The maximum Gasteiger partial charge on any atom is 0.219 e. The van der Waals surface area contributed by atoms with Gasteiger partial charge < -0.3 is 15.4 Å². The Labute approximate surface area is 152 Å². The maximum absolute atomic E-state index is 13.2. The molecule has 25 heavy (non-hydrogen) atoms. The summed E-state index contributed by atoms with van der Waals surface area (Å²) in [5.41, 5.74) is 0.966. The van der Waals surface area contributed by atoms with Gasteiger partial charge in [-0.2, -0.15) is 11.8 Å². The smallest absolute Gasteiger partial charge is 0.219 e. The topological polar surface area (TPSA) is 58.5 Å². The van der Waals surface area contributed by atoms with Crippen molar-refractivity contribution in [2.75, 3.05) is 25.1 Å². The molecule has 2 N–H and O–H groups in total. The predicted octanol–water partition coefficient (Wildman–Crippen LogP) is 3.43. The number of rotatable bonds is 8. The van der Waals surface area contributed by atoms with Gasteiger partial charge in [0.1, 0.15) is 11.6 Å². The van der Waals surface area contributed by atoms with Gasteiger partial charge in [0.15, 0.2) is 5.96 Å². The van der Waals surface area contributed by atoms with Gasteiger partial charge in [0.05, 0.1) is 6.54 Å². The van der Waals surface area contributed by atoms with Crippen molar-refractivity contribution in [2.45, 2.75) is 13.5 Å². The number of thioether (sulfide) groups is 1. The molecule has 5 nitrogen and oxygen atoms in total. The van der Waals surface area contributed by atoms with Crippen LogP contribution in [-0.4, -0.2) is 36.0 Å². The molecule has 2 rings (SSSR count). The summed E-state index contributed by atoms with van der Waals surface area (Å²) >= 11 is 1.79. The summed E-state index contributed by atoms with van der Waals surface area (Å²) in [4.78, 5) is 8.78. The normalized spacial score (nSPS) is 11.2. The number of aliphatic imine (C=N–C) groups is 1. The van der Waals surface area contributed by atoms with Crippen LogP contribution in [-0.2, 0) is 6.54 Å². The summed E-state index contributed by atoms with van der Waals surface area (Å²) in [6.07, 6.45) is 3.79. The van der Waals surface area contributed by atoms with E-state index in [0.717, 1.165) is 30.4 Å². The Bertz CT molecular complexity index is 679. The molecule has 0 aliphatic carbocycles. The van der Waals surface area contributed by atoms with Crippen LogP contribution in [0.3, 0.4) is 0 Å². The van der Waals surface area contributed by atoms with E-state index in [-0.39, 0.29) is 5.82 Å². The van der Waals surface area contributed by atoms with E-state index >= 15 is 0 Å². The van der Waals surface area contributed by atoms with E-state index in [1.807, 2.05) is 13.0 Å². The van der Waals surface area contributed by atoms with Crippen molar-refractivity contribution in [2.24, 2.45) is 4.99 Å². The highest BCUT2D eigenvalue weighted by Gasteiger charge is 2.02. The standard InChI is InChI=1S/C18H23FN4OS/c1-3-20-18(21-9-10-25-2)23-13-14-7-8-17(22-12-14)24-16-6-4-5-15(19)11-16/h4-8,11-12H,3,9-10,13H2,1-2H3,(H2,20,21,23). The molecule has 0 spiro atoms. The highest BCUT2D eigenvalue weighted by molar-refractivity contribution is 7.98. The summed E-state index contributed by atoms with van der Waals surface area (Å²) in [5, 5.41) is 6.49. The lowest BCUT2D eigenvalue weighted by atomic mass is 10.3. The van der Waals surface area contributed by atoms with E-state index in [9.17, 15) is 4.39 Å². The third-order valence-electron chi connectivity index (χ3n) is 3.18. The maximum atomic E-state index is 13.2. The molecule has 134 valence electrons. The van der Waals surface area contributed by atoms with Gasteiger partial charge in [0.2, 0.25) is 5.88 Å². The van der Waals surface area contributed by atoms with Crippen molar-refractivity contribution >= 4 is 17.7 Å². The SMILES string of the molecule is CCNC(=NCc1ccc(Oc2cccc(F)c2)nc1)NCCSC. The van der Waals surface area contributed by atoms with E-state index in [4.69, 9.17) is 4.74 Å². The molecule has 0 radical (unpaired) electrons. The van der Waals surface area contributed by atoms with Crippen LogP contribution >= 0.6 is 11.8 Å². The van der Waals surface area contributed by atoms with Gasteiger partial charge in [-0.1, -0.05) is 12.1 Å². The average Bonchev–Trinajstić information content (AvgIpc) is 2.61. The molecule has 0 saturated heterocycles. The molecule has 7 heteroatoms. The van der Waals surface area contributed by atoms with Gasteiger partial charge in [-0.3, -0.25) is 0 Å². The van der Waals surface area contributed by atoms with Crippen molar-refractivity contribution in [3.8, 4) is 11.6 Å². The zero-order valence-electron chi connectivity index (χ0n) is 14.5. The van der Waals surface area contributed by atoms with Crippen LogP contribution in [0.5, 0.6) is 11.6 Å². The minimum Gasteiger partial charge on any atom is -0.439 e. The van der Waals surface area contributed by atoms with Crippen LogP contribution in [0.15, 0.2) is 47.6 Å². The Morgan fingerprint density at radius 1 is 1.28 bits per heavy atom. The number of halogens is 1. The Morgan fingerprint density at radius 2 is 2.16 bits per heavy atom. The van der Waals surface area contributed by atoms with Crippen molar-refractivity contribution < 1.29 is 9.13 Å². The Kier molecular flexibility index (Phi) is 8.04. The lowest BCUT2D eigenvalue weighted by molar-refractivity contribution is 0.457. The van der Waals surface area contributed by atoms with Crippen LogP contribution in [0.1, 0.15) is 12.5 Å². The van der Waals surface area contributed by atoms with Gasteiger partial charge >= 0.3 is 0 Å². The molecule has 1 heterocycles. The first-order chi connectivity index (χ1) is 12.2. The van der Waals surface area contributed by atoms with E-state index < -0.39 is 0 Å². The fourth-order valence-electron chi connectivity index (χ4n) is 2.00. The molecule has 1 aromatic carbocycles. The van der Waals surface area contributed by atoms with Gasteiger partial charge in [-0.25, -0.2) is 14.4 Å². The number of hydrogen-bond donors (Lipinski definition) is 2. The number of pyridine rings is 1. The Morgan fingerprint density at radius 3 is 2.84 bits per heavy atom. The molecule has 0 aliphatic rings. The summed E-state index contributed by atoms with van der Waals surface area (Å²) in [6.45, 7) is 4.23. The second-order valence-electron chi connectivity index (χ2n) is 5.18. The van der Waals surface area contributed by atoms with Crippen molar-refractivity contribution in [3.05, 3.63) is 54.0 Å². The molecule has 0 atom stereocenters. The third-order valence-corrected chi connectivity index (χ3v) is 3.79. The van der Waals surface area contributed by atoms with E-state index in [0.29, 0.717) is 18.2 Å². The van der Waals surface area contributed by atoms with Crippen LogP contribution in [0.25, 0.3) is 0 Å². The van der Waals surface area contributed by atoms with Gasteiger partial charge in [0, 0.05) is 37.2 Å². The minimum absolute atomic E-state index is 0.339. The zero-order chi connectivity index (χ0) is 17.9. The summed E-state index contributed by atoms with van der Waals surface area (Å²) < 4.78 is 18.7. The van der Waals surface area contributed by atoms with Crippen LogP contribution < -0.4 is 15.4 Å². The first-order valence-corrected chi connectivity index (χ1v) is 9.50. The number of guanidine groups is 1. The van der Waals surface area contributed by atoms with Crippen molar-refractivity contribution in [3.63, 3.8) is 0 Å². The first kappa shape index (κ1) is 19.1. The summed E-state index contributed by atoms with van der Waals surface area (Å²) in [5.74, 6) is 2.32. The number of ether oxygens (including phenoxy) is 1. The molecular weight excluding hydrogens is 339 g/mol. The summed E-state index contributed by atoms with van der Waals surface area (Å²) in [6, 6.07) is 9.63. The van der Waals surface area contributed by atoms with Crippen LogP contribution in [0.2, 0.25) is 0 Å². The van der Waals surface area contributed by atoms with E-state index in [1.54, 1.807) is 36.2 Å². The van der Waals surface area contributed by atoms with Crippen molar-refractivity contribution in [1.29, 1.82) is 0 Å². The lowest BCUT2D eigenvalue weighted by Gasteiger charge is -2.10. The minimum atomic E-state index is -0.339. The monoisotopic (exact) mass is 362 g/mol. The van der Waals surface area contributed by atoms with Crippen molar-refractivity contribution in [1.82, 2.24) is 15.6 Å². The Hall–Kier alpha value is -2.28. The van der Waals surface area contributed by atoms with Gasteiger partial charge in [-0.05, 0) is 30.9 Å². The first-order valence-electron chi connectivity index (χ1n) is 8.10. The molecule has 0 saturated carbocycles. The molecular formula is C18H23FN4OS. The molecule has 0 bridgehead atoms. The number of nitrogens with zero attached hydrogens (tertiary/aromatic N) is 2. The fourth-order valence-corrected chi connectivity index (χ4v) is 2.31. The number of nitrogens with one attached hydrogen (secondary N) is 2. The van der Waals surface area contributed by atoms with Gasteiger partial charge in [-0.15, -0.1) is 0 Å². The third kappa shape index (κ3) is 7.01. The summed E-state index contributed by atoms with van der Waals surface area (Å²) in [7, 11) is 0. The lowest BCUT2D eigenvalue weighted by Crippen LogP contribution is -2.38. The highest BCUT2D eigenvalue weighted by Crippen LogP contribution is 2.20. The molecule has 0 amide bonds.